The first-order valence-electron chi connectivity index (χ1n) is 13.1. The second-order valence-corrected chi connectivity index (χ2v) is 11.2. The number of hydrogen-bond donors (Lipinski definition) is 1. The Balaban J connectivity index is 1.73. The van der Waals surface area contributed by atoms with Crippen molar-refractivity contribution in [1.82, 2.24) is 19.9 Å². The van der Waals surface area contributed by atoms with Crippen molar-refractivity contribution in [1.29, 1.82) is 0 Å². The molecule has 2 aromatic heterocycles. The van der Waals surface area contributed by atoms with Crippen LogP contribution in [-0.2, 0) is 6.54 Å². The third kappa shape index (κ3) is 6.30. The van der Waals surface area contributed by atoms with E-state index >= 15 is 0 Å². The SMILES string of the molecule is COc1ccc(CN(C(=O)c2cnc(Nc3cc(C)nc(C)n3)s2)C2=C(C(C)C)CCC=C2C(C)C)cc1. The van der Waals surface area contributed by atoms with Gasteiger partial charge in [0.2, 0.25) is 0 Å². The first-order valence-corrected chi connectivity index (χ1v) is 13.9. The number of aromatic nitrogens is 3. The minimum absolute atomic E-state index is 0.0528. The Bertz CT molecular complexity index is 1330. The Kier molecular flexibility index (Phi) is 8.62. The second-order valence-electron chi connectivity index (χ2n) is 10.2. The van der Waals surface area contributed by atoms with E-state index < -0.39 is 0 Å². The molecule has 8 heteroatoms. The summed E-state index contributed by atoms with van der Waals surface area (Å²) in [7, 11) is 1.66. The number of hydrogen-bond acceptors (Lipinski definition) is 7. The monoisotopic (exact) mass is 531 g/mol. The number of carbonyl (C=O) groups is 1. The Labute approximate surface area is 229 Å². The maximum Gasteiger partial charge on any atom is 0.270 e. The van der Waals surface area contributed by atoms with Crippen molar-refractivity contribution in [2.24, 2.45) is 11.8 Å². The predicted octanol–water partition coefficient (Wildman–Crippen LogP) is 7.23. The van der Waals surface area contributed by atoms with Crippen LogP contribution < -0.4 is 10.1 Å². The van der Waals surface area contributed by atoms with E-state index in [0.29, 0.717) is 40.0 Å². The van der Waals surface area contributed by atoms with Crippen LogP contribution in [0, 0.1) is 25.7 Å². The summed E-state index contributed by atoms with van der Waals surface area (Å²) in [5, 5.41) is 3.87. The van der Waals surface area contributed by atoms with Crippen LogP contribution in [0.25, 0.3) is 0 Å². The fourth-order valence-electron chi connectivity index (χ4n) is 4.80. The average molecular weight is 532 g/mol. The van der Waals surface area contributed by atoms with Crippen molar-refractivity contribution in [2.45, 2.75) is 60.9 Å². The van der Waals surface area contributed by atoms with Crippen LogP contribution in [0.1, 0.15) is 67.3 Å². The normalized spacial score (nSPS) is 13.7. The number of nitrogens with one attached hydrogen (secondary N) is 1. The number of carbonyl (C=O) groups excluding carboxylic acids is 1. The molecule has 7 nitrogen and oxygen atoms in total. The zero-order valence-corrected chi connectivity index (χ0v) is 24.1. The number of allylic oxidation sites excluding steroid dienone is 3. The van der Waals surface area contributed by atoms with E-state index in [1.807, 2.05) is 49.1 Å². The van der Waals surface area contributed by atoms with Crippen molar-refractivity contribution < 1.29 is 9.53 Å². The molecule has 0 saturated heterocycles. The third-order valence-electron chi connectivity index (χ3n) is 6.61. The molecule has 1 aliphatic rings. The van der Waals surface area contributed by atoms with Gasteiger partial charge in [-0.15, -0.1) is 0 Å². The summed E-state index contributed by atoms with van der Waals surface area (Å²) in [6, 6.07) is 9.80. The van der Waals surface area contributed by atoms with Gasteiger partial charge in [0.15, 0.2) is 5.13 Å². The van der Waals surface area contributed by atoms with Gasteiger partial charge in [-0.2, -0.15) is 0 Å². The molecule has 0 bridgehead atoms. The Hall–Kier alpha value is -3.52. The summed E-state index contributed by atoms with van der Waals surface area (Å²) < 4.78 is 5.35. The minimum atomic E-state index is -0.0528. The molecular formula is C30H37N5O2S. The molecule has 4 rings (SSSR count). The number of amides is 1. The molecule has 0 radical (unpaired) electrons. The fraction of sp³-hybridized carbons (Fsp3) is 0.400. The maximum absolute atomic E-state index is 14.2. The molecule has 1 aliphatic carbocycles. The summed E-state index contributed by atoms with van der Waals surface area (Å²) >= 11 is 1.34. The number of anilines is 2. The molecular weight excluding hydrogens is 494 g/mol. The van der Waals surface area contributed by atoms with Gasteiger partial charge in [0.25, 0.3) is 5.91 Å². The van der Waals surface area contributed by atoms with Gasteiger partial charge < -0.3 is 15.0 Å². The number of thiazole rings is 1. The first kappa shape index (κ1) is 27.5. The number of aryl methyl sites for hydroxylation is 2. The first-order chi connectivity index (χ1) is 18.2. The lowest BCUT2D eigenvalue weighted by molar-refractivity contribution is 0.0798. The Morgan fingerprint density at radius 3 is 2.47 bits per heavy atom. The average Bonchev–Trinajstić information content (AvgIpc) is 3.34. The molecule has 1 aromatic carbocycles. The van der Waals surface area contributed by atoms with E-state index in [1.54, 1.807) is 13.3 Å². The van der Waals surface area contributed by atoms with Gasteiger partial charge in [-0.3, -0.25) is 4.79 Å². The number of nitrogens with zero attached hydrogens (tertiary/aromatic N) is 4. The van der Waals surface area contributed by atoms with E-state index in [1.165, 1.54) is 22.5 Å². The molecule has 200 valence electrons. The molecule has 0 spiro atoms. The number of methoxy groups -OCH3 is 1. The molecule has 0 fully saturated rings. The maximum atomic E-state index is 14.2. The number of ether oxygens (including phenoxy) is 1. The van der Waals surface area contributed by atoms with E-state index in [-0.39, 0.29) is 5.91 Å². The van der Waals surface area contributed by atoms with E-state index in [4.69, 9.17) is 4.74 Å². The van der Waals surface area contributed by atoms with E-state index in [0.717, 1.165) is 35.5 Å². The lowest BCUT2D eigenvalue weighted by Crippen LogP contribution is -2.33. The Morgan fingerprint density at radius 2 is 1.84 bits per heavy atom. The molecule has 3 aromatic rings. The van der Waals surface area contributed by atoms with Crippen LogP contribution in [0.2, 0.25) is 0 Å². The van der Waals surface area contributed by atoms with E-state index in [2.05, 4.69) is 54.0 Å². The lowest BCUT2D eigenvalue weighted by atomic mass is 9.83. The van der Waals surface area contributed by atoms with Crippen molar-refractivity contribution in [3.63, 3.8) is 0 Å². The van der Waals surface area contributed by atoms with Gasteiger partial charge in [-0.1, -0.05) is 57.2 Å². The second kappa shape index (κ2) is 11.9. The highest BCUT2D eigenvalue weighted by molar-refractivity contribution is 7.17. The van der Waals surface area contributed by atoms with Crippen LogP contribution >= 0.6 is 11.3 Å². The summed E-state index contributed by atoms with van der Waals surface area (Å²) in [4.78, 5) is 30.1. The summed E-state index contributed by atoms with van der Waals surface area (Å²) in [6.45, 7) is 13.1. The van der Waals surface area contributed by atoms with Gasteiger partial charge in [0, 0.05) is 17.5 Å². The highest BCUT2D eigenvalue weighted by Gasteiger charge is 2.30. The van der Waals surface area contributed by atoms with Crippen LogP contribution in [0.15, 0.2) is 59.4 Å². The topological polar surface area (TPSA) is 80.2 Å². The van der Waals surface area contributed by atoms with Crippen LogP contribution in [0.4, 0.5) is 10.9 Å². The molecule has 0 saturated carbocycles. The zero-order valence-electron chi connectivity index (χ0n) is 23.3. The molecule has 0 unspecified atom stereocenters. The smallest absolute Gasteiger partial charge is 0.270 e. The quantitative estimate of drug-likeness (QED) is 0.314. The van der Waals surface area contributed by atoms with Gasteiger partial charge >= 0.3 is 0 Å². The predicted molar refractivity (Wildman–Crippen MR) is 154 cm³/mol. The molecule has 0 aliphatic heterocycles. The molecule has 38 heavy (non-hydrogen) atoms. The third-order valence-corrected chi connectivity index (χ3v) is 7.51. The van der Waals surface area contributed by atoms with Crippen molar-refractivity contribution in [2.75, 3.05) is 12.4 Å². The van der Waals surface area contributed by atoms with Crippen molar-refractivity contribution in [3.05, 3.63) is 81.4 Å². The van der Waals surface area contributed by atoms with E-state index in [9.17, 15) is 4.79 Å². The summed E-state index contributed by atoms with van der Waals surface area (Å²) in [5.41, 5.74) is 5.53. The van der Waals surface area contributed by atoms with Gasteiger partial charge in [0.1, 0.15) is 22.3 Å². The highest BCUT2D eigenvalue weighted by Crippen LogP contribution is 2.38. The minimum Gasteiger partial charge on any atom is -0.497 e. The van der Waals surface area contributed by atoms with Gasteiger partial charge in [0.05, 0.1) is 19.9 Å². The number of benzene rings is 1. The summed E-state index contributed by atoms with van der Waals surface area (Å²) in [6.07, 6.45) is 5.92. The summed E-state index contributed by atoms with van der Waals surface area (Å²) in [5.74, 6) is 2.73. The molecule has 1 amide bonds. The lowest BCUT2D eigenvalue weighted by Gasteiger charge is -2.34. The standard InChI is InChI=1S/C30H37N5O2S/c1-18(2)24-9-8-10-25(19(3)4)28(24)35(17-22-11-13-23(37-7)14-12-22)29(36)26-16-31-30(38-26)34-27-15-20(5)32-21(6)33-27/h9,11-16,18-19H,8,10,17H2,1-7H3,(H,31,32,33,34). The van der Waals surface area contributed by atoms with Crippen LogP contribution in [0.3, 0.4) is 0 Å². The largest absolute Gasteiger partial charge is 0.497 e. The zero-order chi connectivity index (χ0) is 27.4. The van der Waals surface area contributed by atoms with Crippen LogP contribution in [-0.4, -0.2) is 32.9 Å². The van der Waals surface area contributed by atoms with Crippen molar-refractivity contribution in [3.8, 4) is 5.75 Å². The highest BCUT2D eigenvalue weighted by atomic mass is 32.1. The molecule has 1 N–H and O–H groups in total. The van der Waals surface area contributed by atoms with Gasteiger partial charge in [-0.25, -0.2) is 15.0 Å². The van der Waals surface area contributed by atoms with Crippen LogP contribution in [0.5, 0.6) is 5.75 Å². The molecule has 2 heterocycles. The Morgan fingerprint density at radius 1 is 1.11 bits per heavy atom. The van der Waals surface area contributed by atoms with Crippen molar-refractivity contribution >= 4 is 28.2 Å². The number of rotatable bonds is 9. The van der Waals surface area contributed by atoms with Gasteiger partial charge in [-0.05, 0) is 67.4 Å². The molecule has 0 atom stereocenters. The fourth-order valence-corrected chi connectivity index (χ4v) is 5.58.